The Morgan fingerprint density at radius 2 is 1.25 bits per heavy atom. The number of rotatable bonds is 0. The van der Waals surface area contributed by atoms with Gasteiger partial charge in [-0.15, -0.1) is 0 Å². The van der Waals surface area contributed by atoms with Crippen molar-refractivity contribution in [2.75, 3.05) is 0 Å². The van der Waals surface area contributed by atoms with Crippen molar-refractivity contribution < 1.29 is 35.0 Å². The predicted molar refractivity (Wildman–Crippen MR) is 52.6 cm³/mol. The molecule has 0 heterocycles. The van der Waals surface area contributed by atoms with Crippen LogP contribution in [0.4, 0.5) is 0 Å². The van der Waals surface area contributed by atoms with Crippen molar-refractivity contribution in [1.82, 2.24) is 0 Å². The fourth-order valence-electron chi connectivity index (χ4n) is 0.321. The molecule has 4 heteroatoms. The summed E-state index contributed by atoms with van der Waals surface area (Å²) in [6.45, 7) is 18.5. The molecule has 0 saturated heterocycles. The van der Waals surface area contributed by atoms with Gasteiger partial charge in [0.25, 0.3) is 0 Å². The molecule has 3 nitrogen and oxygen atoms in total. The van der Waals surface area contributed by atoms with E-state index in [1.807, 2.05) is 30.3 Å². The van der Waals surface area contributed by atoms with Crippen molar-refractivity contribution in [2.24, 2.45) is 0 Å². The van der Waals surface area contributed by atoms with Crippen LogP contribution in [0.2, 0.25) is 0 Å². The molecule has 0 fully saturated rings. The summed E-state index contributed by atoms with van der Waals surface area (Å²) in [7, 11) is 0. The maximum absolute atomic E-state index is 7.50. The Labute approximate surface area is 111 Å². The molecule has 0 aliphatic carbocycles. The zero-order valence-electron chi connectivity index (χ0n) is 8.73. The average Bonchev–Trinajstić information content (AvgIpc) is 2.95. The smallest absolute Gasteiger partial charge is 0 e. The van der Waals surface area contributed by atoms with Gasteiger partial charge < -0.3 is 5.92 Å². The maximum Gasteiger partial charge on any atom is 0 e. The fraction of sp³-hybridized carbons (Fsp3) is 0.0833. The molecule has 1 aromatic carbocycles. The molecule has 0 aromatic heterocycles. The van der Waals surface area contributed by atoms with Gasteiger partial charge in [0.2, 0.25) is 0 Å². The van der Waals surface area contributed by atoms with Gasteiger partial charge in [0.05, 0.1) is 0 Å². The first-order chi connectivity index (χ1) is 7.41. The topological polar surface area (TPSA) is 59.7 Å². The molecule has 0 radical (unpaired) electrons. The quantitative estimate of drug-likeness (QED) is 0.373. The van der Waals surface area contributed by atoms with Crippen LogP contribution < -0.4 is 0 Å². The molecule has 0 aliphatic rings. The van der Waals surface area contributed by atoms with Crippen molar-refractivity contribution in [3.63, 3.8) is 0 Å². The zero-order chi connectivity index (χ0) is 12.9. The van der Waals surface area contributed by atoms with Gasteiger partial charge in [0.1, 0.15) is 0 Å². The molecule has 0 N–H and O–H groups in total. The van der Waals surface area contributed by atoms with Crippen LogP contribution in [-0.2, 0) is 35.0 Å². The van der Waals surface area contributed by atoms with E-state index in [2.05, 4.69) is 38.7 Å². The minimum atomic E-state index is 0. The summed E-state index contributed by atoms with van der Waals surface area (Å²) in [5.41, 5.74) is 0. The number of hydrogen-bond donors (Lipinski definition) is 0. The standard InChI is InChI=1S/C5H5.C4H5.3CO.W/c1-2-4-5-3-1;1-3-4-2;3*1-2;/h1-5H;1H2,2H3;;;;/q2*-1;;;;. The van der Waals surface area contributed by atoms with E-state index in [1.165, 1.54) is 0 Å². The Morgan fingerprint density at radius 3 is 1.31 bits per heavy atom. The number of hydrogen-bond acceptors (Lipinski definition) is 0. The minimum absolute atomic E-state index is 0. The van der Waals surface area contributed by atoms with Crippen molar-refractivity contribution in [3.8, 4) is 11.8 Å². The molecule has 0 atom stereocenters. The van der Waals surface area contributed by atoms with Crippen molar-refractivity contribution in [1.29, 1.82) is 0 Å². The second-order valence-electron chi connectivity index (χ2n) is 1.39. The Morgan fingerprint density at radius 1 is 1.00 bits per heavy atom. The Bertz CT molecular complexity index is 235. The molecule has 16 heavy (non-hydrogen) atoms. The first kappa shape index (κ1) is 29.3. The van der Waals surface area contributed by atoms with Gasteiger partial charge in [0.15, 0.2) is 0 Å². The molecular weight excluding hydrogens is 376 g/mol. The van der Waals surface area contributed by atoms with E-state index in [0.29, 0.717) is 0 Å². The van der Waals surface area contributed by atoms with Crippen LogP contribution >= 0.6 is 0 Å². The summed E-state index contributed by atoms with van der Waals surface area (Å²) in [5.74, 6) is 5.00. The second-order valence-corrected chi connectivity index (χ2v) is 1.39. The Balaban J connectivity index is -0.0000000337. The third-order valence-corrected chi connectivity index (χ3v) is 0.732. The molecule has 0 bridgehead atoms. The summed E-state index contributed by atoms with van der Waals surface area (Å²) >= 11 is 0. The largest absolute Gasteiger partial charge is 0.331 e. The summed E-state index contributed by atoms with van der Waals surface area (Å²) < 4.78 is 22.5. The summed E-state index contributed by atoms with van der Waals surface area (Å²) in [4.78, 5) is 0. The van der Waals surface area contributed by atoms with Crippen LogP contribution in [-0.4, -0.2) is 0 Å². The molecule has 0 spiro atoms. The average molecular weight is 386 g/mol. The third kappa shape index (κ3) is 78.9. The molecule has 84 valence electrons. The van der Waals surface area contributed by atoms with Crippen LogP contribution in [0.1, 0.15) is 6.92 Å². The van der Waals surface area contributed by atoms with Gasteiger partial charge in [-0.25, -0.2) is 12.1 Å². The van der Waals surface area contributed by atoms with Crippen LogP contribution in [0.5, 0.6) is 0 Å². The van der Waals surface area contributed by atoms with Crippen LogP contribution in [0, 0.1) is 38.7 Å². The van der Waals surface area contributed by atoms with Gasteiger partial charge in [0, 0.05) is 21.1 Å². The molecule has 0 saturated carbocycles. The fourth-order valence-corrected chi connectivity index (χ4v) is 0.321. The first-order valence-electron chi connectivity index (χ1n) is 3.38. The summed E-state index contributed by atoms with van der Waals surface area (Å²) in [5, 5.41) is 0. The van der Waals surface area contributed by atoms with Gasteiger partial charge in [-0.3, -0.25) is 5.92 Å². The second kappa shape index (κ2) is 68.1. The van der Waals surface area contributed by atoms with Gasteiger partial charge in [-0.05, 0) is 0 Å². The van der Waals surface area contributed by atoms with Gasteiger partial charge in [-0.2, -0.15) is 25.1 Å². The van der Waals surface area contributed by atoms with Crippen LogP contribution in [0.15, 0.2) is 30.3 Å². The molecule has 0 unspecified atom stereocenters. The molecule has 0 aliphatic heterocycles. The van der Waals surface area contributed by atoms with E-state index < -0.39 is 0 Å². The zero-order valence-corrected chi connectivity index (χ0v) is 11.7. The Kier molecular flexibility index (Phi) is 125. The Hall–Kier alpha value is -1.31. The maximum atomic E-state index is 7.50. The molecular formula is C12H10O3W-2. The van der Waals surface area contributed by atoms with Gasteiger partial charge >= 0.3 is 33.9 Å². The van der Waals surface area contributed by atoms with E-state index in [9.17, 15) is 0 Å². The molecule has 1 aromatic rings. The summed E-state index contributed by atoms with van der Waals surface area (Å²) in [6.07, 6.45) is 0. The SMILES string of the molecule is [C-]#[O+].[C-]#[O+].[C-]#[O+].[CH2-]C#CC.[W].c1cc[cH-]c1. The van der Waals surface area contributed by atoms with Crippen LogP contribution in [0.3, 0.4) is 0 Å². The van der Waals surface area contributed by atoms with Crippen molar-refractivity contribution >= 4 is 0 Å². The van der Waals surface area contributed by atoms with Crippen LogP contribution in [0.25, 0.3) is 0 Å². The predicted octanol–water partition coefficient (Wildman–Crippen LogP) is 2.13. The van der Waals surface area contributed by atoms with Crippen molar-refractivity contribution in [3.05, 3.63) is 57.2 Å². The van der Waals surface area contributed by atoms with E-state index in [-0.39, 0.29) is 21.1 Å². The van der Waals surface area contributed by atoms with E-state index in [4.69, 9.17) is 14.0 Å². The third-order valence-electron chi connectivity index (χ3n) is 0.732. The minimum Gasteiger partial charge on any atom is -0.331 e. The monoisotopic (exact) mass is 386 g/mol. The van der Waals surface area contributed by atoms with Gasteiger partial charge in [-0.1, -0.05) is 6.92 Å². The van der Waals surface area contributed by atoms with E-state index in [0.717, 1.165) is 0 Å². The first-order valence-corrected chi connectivity index (χ1v) is 3.38. The molecule has 1 rings (SSSR count). The van der Waals surface area contributed by atoms with E-state index in [1.54, 1.807) is 6.92 Å². The molecule has 0 amide bonds. The summed E-state index contributed by atoms with van der Waals surface area (Å²) in [6, 6.07) is 10.0. The van der Waals surface area contributed by atoms with Crippen molar-refractivity contribution in [2.45, 2.75) is 6.92 Å². The van der Waals surface area contributed by atoms with E-state index >= 15 is 0 Å². The normalized spacial score (nSPS) is 3.69.